The maximum atomic E-state index is 12.5. The van der Waals surface area contributed by atoms with Gasteiger partial charge in [-0.15, -0.1) is 11.3 Å². The highest BCUT2D eigenvalue weighted by Crippen LogP contribution is 2.25. The van der Waals surface area contributed by atoms with E-state index in [4.69, 9.17) is 0 Å². The molecular formula is C17H25N3O4S2. The first-order chi connectivity index (χ1) is 12.3. The average molecular weight is 400 g/mol. The number of likely N-dealkylation sites (tertiary alicyclic amines) is 1. The van der Waals surface area contributed by atoms with E-state index in [1.807, 2.05) is 13.8 Å². The highest BCUT2D eigenvalue weighted by molar-refractivity contribution is 7.91. The molecule has 7 nitrogen and oxygen atoms in total. The summed E-state index contributed by atoms with van der Waals surface area (Å²) in [5.41, 5.74) is 0. The van der Waals surface area contributed by atoms with Crippen molar-refractivity contribution in [1.82, 2.24) is 14.5 Å². The Morgan fingerprint density at radius 3 is 2.54 bits per heavy atom. The Hall–Kier alpha value is -1.45. The second-order valence-corrected chi connectivity index (χ2v) is 10.3. The van der Waals surface area contributed by atoms with Crippen molar-refractivity contribution >= 4 is 33.2 Å². The van der Waals surface area contributed by atoms with Crippen molar-refractivity contribution in [2.75, 3.05) is 19.6 Å². The third kappa shape index (κ3) is 3.94. The van der Waals surface area contributed by atoms with Gasteiger partial charge in [0.1, 0.15) is 4.21 Å². The van der Waals surface area contributed by atoms with Gasteiger partial charge in [0.15, 0.2) is 0 Å². The SMILES string of the molecule is CC(C)N1CC(C(=O)NC2CCN(S(=O)(=O)c3cccs3)CC2)CC1=O. The van der Waals surface area contributed by atoms with Crippen LogP contribution in [0.5, 0.6) is 0 Å². The molecule has 3 rings (SSSR count). The second-order valence-electron chi connectivity index (χ2n) is 7.16. The molecule has 2 aliphatic heterocycles. The molecule has 0 bridgehead atoms. The van der Waals surface area contributed by atoms with Gasteiger partial charge >= 0.3 is 0 Å². The lowest BCUT2D eigenvalue weighted by Gasteiger charge is -2.31. The lowest BCUT2D eigenvalue weighted by Crippen LogP contribution is -2.48. The zero-order chi connectivity index (χ0) is 18.9. The van der Waals surface area contributed by atoms with E-state index >= 15 is 0 Å². The highest BCUT2D eigenvalue weighted by atomic mass is 32.2. The molecule has 1 N–H and O–H groups in total. The standard InChI is InChI=1S/C17H25N3O4S2/c1-12(2)20-11-13(10-15(20)21)17(22)18-14-5-7-19(8-6-14)26(23,24)16-4-3-9-25-16/h3-4,9,12-14H,5-8,10-11H2,1-2H3,(H,18,22). The monoisotopic (exact) mass is 399 g/mol. The van der Waals surface area contributed by atoms with Crippen LogP contribution in [-0.2, 0) is 19.6 Å². The molecule has 144 valence electrons. The first-order valence-corrected chi connectivity index (χ1v) is 11.2. The number of thiophene rings is 1. The molecule has 0 saturated carbocycles. The largest absolute Gasteiger partial charge is 0.353 e. The van der Waals surface area contributed by atoms with Crippen LogP contribution in [0.1, 0.15) is 33.1 Å². The van der Waals surface area contributed by atoms with Crippen molar-refractivity contribution in [2.24, 2.45) is 5.92 Å². The topological polar surface area (TPSA) is 86.8 Å². The van der Waals surface area contributed by atoms with Crippen molar-refractivity contribution in [3.63, 3.8) is 0 Å². The van der Waals surface area contributed by atoms with Crippen LogP contribution in [0.4, 0.5) is 0 Å². The number of nitrogens with zero attached hydrogens (tertiary/aromatic N) is 2. The summed E-state index contributed by atoms with van der Waals surface area (Å²) in [6.45, 7) is 5.15. The fraction of sp³-hybridized carbons (Fsp3) is 0.647. The summed E-state index contributed by atoms with van der Waals surface area (Å²) in [4.78, 5) is 26.2. The molecule has 9 heteroatoms. The summed E-state index contributed by atoms with van der Waals surface area (Å²) in [5, 5.41) is 4.76. The molecule has 2 saturated heterocycles. The minimum Gasteiger partial charge on any atom is -0.353 e. The van der Waals surface area contributed by atoms with Gasteiger partial charge in [-0.3, -0.25) is 9.59 Å². The van der Waals surface area contributed by atoms with Crippen LogP contribution in [0, 0.1) is 5.92 Å². The quantitative estimate of drug-likeness (QED) is 0.808. The van der Waals surface area contributed by atoms with Gasteiger partial charge in [0.05, 0.1) is 5.92 Å². The van der Waals surface area contributed by atoms with Gasteiger partial charge in [0.2, 0.25) is 11.8 Å². The first-order valence-electron chi connectivity index (χ1n) is 8.92. The minimum absolute atomic E-state index is 0.0250. The van der Waals surface area contributed by atoms with Gasteiger partial charge in [0.25, 0.3) is 10.0 Å². The number of rotatable bonds is 5. The summed E-state index contributed by atoms with van der Waals surface area (Å²) >= 11 is 1.22. The summed E-state index contributed by atoms with van der Waals surface area (Å²) in [7, 11) is -3.42. The maximum absolute atomic E-state index is 12.5. The zero-order valence-corrected chi connectivity index (χ0v) is 16.7. The highest BCUT2D eigenvalue weighted by Gasteiger charge is 2.37. The summed E-state index contributed by atoms with van der Waals surface area (Å²) in [6.07, 6.45) is 1.44. The molecule has 1 atom stereocenters. The van der Waals surface area contributed by atoms with Crippen LogP contribution in [0.25, 0.3) is 0 Å². The molecule has 0 aromatic carbocycles. The lowest BCUT2D eigenvalue weighted by molar-refractivity contribution is -0.130. The predicted molar refractivity (Wildman–Crippen MR) is 99.2 cm³/mol. The van der Waals surface area contributed by atoms with Crippen molar-refractivity contribution in [3.05, 3.63) is 17.5 Å². The van der Waals surface area contributed by atoms with E-state index in [0.717, 1.165) is 0 Å². The number of carbonyl (C=O) groups excluding carboxylic acids is 2. The Labute approximate surface area is 158 Å². The Kier molecular flexibility index (Phi) is 5.69. The second kappa shape index (κ2) is 7.66. The van der Waals surface area contributed by atoms with Crippen LogP contribution < -0.4 is 5.32 Å². The Bertz CT molecular complexity index is 753. The van der Waals surface area contributed by atoms with Crippen molar-refractivity contribution in [1.29, 1.82) is 0 Å². The van der Waals surface area contributed by atoms with Crippen LogP contribution >= 0.6 is 11.3 Å². The molecule has 3 heterocycles. The van der Waals surface area contributed by atoms with Crippen molar-refractivity contribution in [3.8, 4) is 0 Å². The third-order valence-corrected chi connectivity index (χ3v) is 8.31. The molecule has 0 spiro atoms. The van der Waals surface area contributed by atoms with E-state index in [2.05, 4.69) is 5.32 Å². The smallest absolute Gasteiger partial charge is 0.252 e. The van der Waals surface area contributed by atoms with Crippen LogP contribution in [0.2, 0.25) is 0 Å². The normalized spacial score (nSPS) is 23.0. The minimum atomic E-state index is -3.42. The molecule has 0 radical (unpaired) electrons. The molecule has 0 aliphatic carbocycles. The van der Waals surface area contributed by atoms with Gasteiger partial charge in [-0.1, -0.05) is 6.07 Å². The fourth-order valence-electron chi connectivity index (χ4n) is 3.50. The van der Waals surface area contributed by atoms with Crippen molar-refractivity contribution in [2.45, 2.75) is 49.4 Å². The summed E-state index contributed by atoms with van der Waals surface area (Å²) in [6, 6.07) is 3.41. The fourth-order valence-corrected chi connectivity index (χ4v) is 6.12. The van der Waals surface area contributed by atoms with Gasteiger partial charge in [-0.25, -0.2) is 8.42 Å². The zero-order valence-electron chi connectivity index (χ0n) is 15.1. The van der Waals surface area contributed by atoms with E-state index in [0.29, 0.717) is 36.7 Å². The number of amides is 2. The molecular weight excluding hydrogens is 374 g/mol. The molecule has 2 amide bonds. The number of sulfonamides is 1. The Morgan fingerprint density at radius 2 is 2.00 bits per heavy atom. The third-order valence-electron chi connectivity index (χ3n) is 5.04. The Morgan fingerprint density at radius 1 is 1.31 bits per heavy atom. The first kappa shape index (κ1) is 19.3. The van der Waals surface area contributed by atoms with Gasteiger partial charge in [-0.2, -0.15) is 4.31 Å². The van der Waals surface area contributed by atoms with Crippen LogP contribution in [0.15, 0.2) is 21.7 Å². The van der Waals surface area contributed by atoms with Crippen molar-refractivity contribution < 1.29 is 18.0 Å². The van der Waals surface area contributed by atoms with Gasteiger partial charge in [0, 0.05) is 38.1 Å². The number of nitrogens with one attached hydrogen (secondary N) is 1. The van der Waals surface area contributed by atoms with Gasteiger partial charge < -0.3 is 10.2 Å². The van der Waals surface area contributed by atoms with E-state index in [1.165, 1.54) is 15.6 Å². The molecule has 2 aliphatic rings. The predicted octanol–water partition coefficient (Wildman–Crippen LogP) is 1.27. The number of carbonyl (C=O) groups is 2. The number of hydrogen-bond donors (Lipinski definition) is 1. The molecule has 2 fully saturated rings. The van der Waals surface area contributed by atoms with Gasteiger partial charge in [-0.05, 0) is 38.1 Å². The molecule has 1 aromatic heterocycles. The molecule has 1 unspecified atom stereocenters. The summed E-state index contributed by atoms with van der Waals surface area (Å²) in [5.74, 6) is -0.379. The van der Waals surface area contributed by atoms with E-state index in [9.17, 15) is 18.0 Å². The lowest BCUT2D eigenvalue weighted by atomic mass is 10.0. The van der Waals surface area contributed by atoms with Crippen LogP contribution in [-0.4, -0.2) is 61.2 Å². The van der Waals surface area contributed by atoms with E-state index in [1.54, 1.807) is 22.4 Å². The average Bonchev–Trinajstić information content (AvgIpc) is 3.25. The molecule has 1 aromatic rings. The Balaban J connectivity index is 1.52. The maximum Gasteiger partial charge on any atom is 0.252 e. The number of hydrogen-bond acceptors (Lipinski definition) is 5. The summed E-state index contributed by atoms with van der Waals surface area (Å²) < 4.78 is 26.9. The molecule has 26 heavy (non-hydrogen) atoms. The van der Waals surface area contributed by atoms with E-state index in [-0.39, 0.29) is 36.2 Å². The van der Waals surface area contributed by atoms with Crippen LogP contribution in [0.3, 0.4) is 0 Å². The van der Waals surface area contributed by atoms with E-state index < -0.39 is 10.0 Å². The number of piperidine rings is 1.